The quantitative estimate of drug-likeness (QED) is 0.261. The molecular weight excluding hydrogens is 628 g/mol. The van der Waals surface area contributed by atoms with Crippen LogP contribution in [0.1, 0.15) is 88.5 Å². The summed E-state index contributed by atoms with van der Waals surface area (Å²) < 4.78 is 21.0. The Morgan fingerprint density at radius 3 is 2.21 bits per heavy atom. The summed E-state index contributed by atoms with van der Waals surface area (Å²) in [6.45, 7) is 18.9. The summed E-state index contributed by atoms with van der Waals surface area (Å²) in [6, 6.07) is 12.7. The van der Waals surface area contributed by atoms with Gasteiger partial charge in [-0.1, -0.05) is 32.9 Å². The van der Waals surface area contributed by atoms with E-state index in [0.717, 1.165) is 43.9 Å². The van der Waals surface area contributed by atoms with E-state index in [1.165, 1.54) is 0 Å². The molecule has 3 aliphatic heterocycles. The number of amides is 1. The zero-order valence-electron chi connectivity index (χ0n) is 30.0. The van der Waals surface area contributed by atoms with E-state index >= 15 is 4.39 Å². The molecule has 2 aromatic carbocycles. The maximum atomic E-state index is 15.8. The standard InChI is InChI=1S/C38H55FN4O4S/c1-37(2,3)17-20-43-36(31-9-8-10-32(39)34(31)41-21-23-42(24-22-41)38(4,5)6)48-30(26-47-43)25-33(44)40-18-15-28(16-19-40)35(45)27-11-13-29(46-7)14-12-27/h8-14,28,30,36H,15-26H2,1-7H3/t30-,36?/m0/s1. The molecule has 48 heavy (non-hydrogen) atoms. The van der Waals surface area contributed by atoms with Crippen LogP contribution in [0.4, 0.5) is 10.1 Å². The number of carbonyl (C=O) groups is 2. The molecule has 3 aliphatic rings. The molecule has 1 amide bonds. The lowest BCUT2D eigenvalue weighted by Gasteiger charge is -2.45. The number of anilines is 1. The minimum Gasteiger partial charge on any atom is -0.497 e. The molecule has 0 spiro atoms. The number of nitrogens with zero attached hydrogens (tertiary/aromatic N) is 4. The predicted molar refractivity (Wildman–Crippen MR) is 192 cm³/mol. The lowest BCUT2D eigenvalue weighted by molar-refractivity contribution is -0.180. The second kappa shape index (κ2) is 15.5. The molecule has 0 saturated carbocycles. The van der Waals surface area contributed by atoms with Crippen molar-refractivity contribution in [1.82, 2.24) is 14.9 Å². The highest BCUT2D eigenvalue weighted by Crippen LogP contribution is 2.46. The van der Waals surface area contributed by atoms with Gasteiger partial charge in [0.25, 0.3) is 0 Å². The van der Waals surface area contributed by atoms with Crippen LogP contribution in [-0.4, -0.2) is 96.9 Å². The molecule has 1 unspecified atom stereocenters. The van der Waals surface area contributed by atoms with Crippen molar-refractivity contribution in [2.24, 2.45) is 11.3 Å². The van der Waals surface area contributed by atoms with Gasteiger partial charge in [0.05, 0.1) is 19.4 Å². The number of thioether (sulfide) groups is 1. The van der Waals surface area contributed by atoms with E-state index in [9.17, 15) is 9.59 Å². The van der Waals surface area contributed by atoms with E-state index in [0.29, 0.717) is 56.8 Å². The van der Waals surface area contributed by atoms with Gasteiger partial charge in [-0.3, -0.25) is 19.3 Å². The van der Waals surface area contributed by atoms with Gasteiger partial charge in [0.2, 0.25) is 5.91 Å². The molecule has 0 N–H and O–H groups in total. The number of hydrogen-bond acceptors (Lipinski definition) is 8. The fourth-order valence-corrected chi connectivity index (χ4v) is 8.25. The number of benzene rings is 2. The molecule has 3 heterocycles. The number of piperidine rings is 1. The third-order valence-corrected chi connectivity index (χ3v) is 11.3. The molecular formula is C38H55FN4O4S. The molecule has 2 atom stereocenters. The zero-order chi connectivity index (χ0) is 34.6. The van der Waals surface area contributed by atoms with Crippen LogP contribution in [0.3, 0.4) is 0 Å². The normalized spacial score (nSPS) is 22.2. The van der Waals surface area contributed by atoms with Gasteiger partial charge in [-0.15, -0.1) is 11.8 Å². The Morgan fingerprint density at radius 2 is 1.60 bits per heavy atom. The van der Waals surface area contributed by atoms with E-state index in [4.69, 9.17) is 9.57 Å². The van der Waals surface area contributed by atoms with E-state index < -0.39 is 0 Å². The second-order valence-electron chi connectivity index (χ2n) is 15.6. The van der Waals surface area contributed by atoms with Crippen molar-refractivity contribution in [2.45, 2.75) is 83.4 Å². The van der Waals surface area contributed by atoms with Crippen molar-refractivity contribution in [3.8, 4) is 5.75 Å². The van der Waals surface area contributed by atoms with Gasteiger partial charge in [0.1, 0.15) is 16.9 Å². The molecule has 0 bridgehead atoms. The second-order valence-corrected chi connectivity index (χ2v) is 17.0. The number of halogens is 1. The first kappa shape index (κ1) is 36.6. The van der Waals surface area contributed by atoms with Crippen LogP contribution < -0.4 is 9.64 Å². The minimum absolute atomic E-state index is 0.0686. The van der Waals surface area contributed by atoms with Crippen LogP contribution in [0.25, 0.3) is 0 Å². The Labute approximate surface area is 291 Å². The fraction of sp³-hybridized carbons (Fsp3) is 0.632. The van der Waals surface area contributed by atoms with Gasteiger partial charge in [-0.2, -0.15) is 5.06 Å². The smallest absolute Gasteiger partial charge is 0.223 e. The number of ether oxygens (including phenoxy) is 1. The van der Waals surface area contributed by atoms with Crippen molar-refractivity contribution in [1.29, 1.82) is 0 Å². The summed E-state index contributed by atoms with van der Waals surface area (Å²) in [6.07, 6.45) is 2.58. The van der Waals surface area contributed by atoms with Gasteiger partial charge in [-0.25, -0.2) is 4.39 Å². The lowest BCUT2D eigenvalue weighted by atomic mass is 9.88. The van der Waals surface area contributed by atoms with Gasteiger partial charge in [0, 0.05) is 80.1 Å². The van der Waals surface area contributed by atoms with Crippen LogP contribution in [0.15, 0.2) is 42.5 Å². The predicted octanol–water partition coefficient (Wildman–Crippen LogP) is 7.05. The number of Topliss-reactive ketones (excluding diaryl/α,β-unsaturated/α-hetero) is 1. The number of likely N-dealkylation sites (tertiary alicyclic amines) is 1. The van der Waals surface area contributed by atoms with E-state index in [1.807, 2.05) is 40.3 Å². The maximum Gasteiger partial charge on any atom is 0.223 e. The molecule has 0 aliphatic carbocycles. The van der Waals surface area contributed by atoms with Gasteiger partial charge in [-0.05, 0) is 75.8 Å². The van der Waals surface area contributed by atoms with Crippen molar-refractivity contribution < 1.29 is 23.6 Å². The van der Waals surface area contributed by atoms with Crippen LogP contribution in [0.5, 0.6) is 5.75 Å². The molecule has 2 aromatic rings. The van der Waals surface area contributed by atoms with Crippen molar-refractivity contribution in [3.63, 3.8) is 0 Å². The highest BCUT2D eigenvalue weighted by Gasteiger charge is 2.38. The molecule has 8 nitrogen and oxygen atoms in total. The number of piperazine rings is 1. The first-order chi connectivity index (χ1) is 22.7. The number of carbonyl (C=O) groups excluding carboxylic acids is 2. The SMILES string of the molecule is COc1ccc(C(=O)C2CCN(C(=O)C[C@H]3CON(CCC(C)(C)C)C(c4cccc(F)c4N4CCN(C(C)(C)C)CC4)S3)CC2)cc1. The zero-order valence-corrected chi connectivity index (χ0v) is 30.8. The third-order valence-electron chi connectivity index (χ3n) is 9.92. The van der Waals surface area contributed by atoms with Crippen LogP contribution >= 0.6 is 11.8 Å². The molecule has 0 aromatic heterocycles. The van der Waals surface area contributed by atoms with Crippen molar-refractivity contribution >= 4 is 29.1 Å². The Balaban J connectivity index is 1.26. The van der Waals surface area contributed by atoms with Crippen molar-refractivity contribution in [2.75, 3.05) is 64.4 Å². The summed E-state index contributed by atoms with van der Waals surface area (Å²) >= 11 is 1.72. The maximum absolute atomic E-state index is 15.8. The largest absolute Gasteiger partial charge is 0.497 e. The average molecular weight is 683 g/mol. The number of para-hydroxylation sites is 1. The highest BCUT2D eigenvalue weighted by atomic mass is 32.2. The number of hydrogen-bond donors (Lipinski definition) is 0. The topological polar surface area (TPSA) is 65.6 Å². The van der Waals surface area contributed by atoms with E-state index in [1.54, 1.807) is 31.0 Å². The number of hydroxylamine groups is 2. The molecule has 5 rings (SSSR count). The monoisotopic (exact) mass is 682 g/mol. The Morgan fingerprint density at radius 1 is 0.938 bits per heavy atom. The molecule has 3 fully saturated rings. The Hall–Kier alpha value is -2.66. The Bertz CT molecular complexity index is 1390. The molecule has 3 saturated heterocycles. The van der Waals surface area contributed by atoms with Crippen LogP contribution in [-0.2, 0) is 9.63 Å². The van der Waals surface area contributed by atoms with Gasteiger partial charge in [0.15, 0.2) is 5.78 Å². The molecule has 264 valence electrons. The third kappa shape index (κ3) is 9.11. The lowest BCUT2D eigenvalue weighted by Crippen LogP contribution is -2.54. The number of methoxy groups -OCH3 is 1. The summed E-state index contributed by atoms with van der Waals surface area (Å²) in [5.41, 5.74) is 2.44. The average Bonchev–Trinajstić information content (AvgIpc) is 3.06. The first-order valence-corrected chi connectivity index (χ1v) is 18.5. The first-order valence-electron chi connectivity index (χ1n) is 17.5. The summed E-state index contributed by atoms with van der Waals surface area (Å²) in [5.74, 6) is 0.644. The molecule has 10 heteroatoms. The highest BCUT2D eigenvalue weighted by molar-refractivity contribution is 8.00. The fourth-order valence-electron chi connectivity index (χ4n) is 6.87. The van der Waals surface area contributed by atoms with Gasteiger partial charge < -0.3 is 14.5 Å². The summed E-state index contributed by atoms with van der Waals surface area (Å²) in [7, 11) is 1.61. The summed E-state index contributed by atoms with van der Waals surface area (Å²) in [5, 5.41) is 1.72. The van der Waals surface area contributed by atoms with Crippen LogP contribution in [0, 0.1) is 17.2 Å². The number of rotatable bonds is 9. The minimum atomic E-state index is -0.238. The Kier molecular flexibility index (Phi) is 11.8. The van der Waals surface area contributed by atoms with Crippen LogP contribution in [0.2, 0.25) is 0 Å². The van der Waals surface area contributed by atoms with Gasteiger partial charge >= 0.3 is 0 Å². The molecule has 0 radical (unpaired) electrons. The summed E-state index contributed by atoms with van der Waals surface area (Å²) in [4.78, 5) is 39.7. The number of ketones is 1. The van der Waals surface area contributed by atoms with E-state index in [-0.39, 0.29) is 45.0 Å². The van der Waals surface area contributed by atoms with E-state index in [2.05, 4.69) is 51.3 Å². The van der Waals surface area contributed by atoms with Crippen molar-refractivity contribution in [3.05, 3.63) is 59.4 Å².